The molecule has 7 aromatic carbocycles. The topological polar surface area (TPSA) is 8.17 Å². The van der Waals surface area contributed by atoms with E-state index in [0.29, 0.717) is 0 Å². The smallest absolute Gasteiger partial charge is 0.0554 e. The normalized spacial score (nSPS) is 11.7. The lowest BCUT2D eigenvalue weighted by molar-refractivity contribution is 1.17. The molecule has 0 saturated heterocycles. The third-order valence-electron chi connectivity index (χ3n) is 8.56. The van der Waals surface area contributed by atoms with E-state index in [9.17, 15) is 0 Å². The van der Waals surface area contributed by atoms with Gasteiger partial charge in [0.15, 0.2) is 0 Å². The Balaban J connectivity index is 1.26. The van der Waals surface area contributed by atoms with Gasteiger partial charge < -0.3 is 9.47 Å². The summed E-state index contributed by atoms with van der Waals surface area (Å²) in [4.78, 5) is 2.39. The van der Waals surface area contributed by atoms with Crippen LogP contribution in [0.5, 0.6) is 0 Å². The van der Waals surface area contributed by atoms with Gasteiger partial charge in [0, 0.05) is 48.0 Å². The summed E-state index contributed by atoms with van der Waals surface area (Å²) in [7, 11) is 0. The van der Waals surface area contributed by atoms with Crippen LogP contribution in [0.15, 0.2) is 158 Å². The van der Waals surface area contributed by atoms with Crippen molar-refractivity contribution in [3.63, 3.8) is 0 Å². The lowest BCUT2D eigenvalue weighted by Crippen LogP contribution is -2.10. The minimum Gasteiger partial charge on any atom is -0.310 e. The van der Waals surface area contributed by atoms with E-state index in [2.05, 4.69) is 167 Å². The molecule has 0 radical (unpaired) electrons. The highest BCUT2D eigenvalue weighted by Gasteiger charge is 2.19. The first kappa shape index (κ1) is 24.2. The van der Waals surface area contributed by atoms with Gasteiger partial charge in [0.05, 0.1) is 16.7 Å². The number of hydrogen-bond donors (Lipinski definition) is 0. The number of fused-ring (bicyclic) bond motifs is 8. The van der Waals surface area contributed by atoms with E-state index < -0.39 is 0 Å². The zero-order valence-electron chi connectivity index (χ0n) is 23.3. The van der Waals surface area contributed by atoms with Gasteiger partial charge in [-0.05, 0) is 77.5 Å². The van der Waals surface area contributed by atoms with Crippen LogP contribution in [0, 0.1) is 0 Å². The molecule has 0 amide bonds. The van der Waals surface area contributed by atoms with Crippen LogP contribution in [0.3, 0.4) is 0 Å². The Morgan fingerprint density at radius 2 is 1.09 bits per heavy atom. The van der Waals surface area contributed by atoms with Crippen LogP contribution in [0.25, 0.3) is 58.4 Å². The first-order valence-corrected chi connectivity index (χ1v) is 15.4. The summed E-state index contributed by atoms with van der Waals surface area (Å²) in [5.74, 6) is 0. The predicted molar refractivity (Wildman–Crippen MR) is 186 cm³/mol. The summed E-state index contributed by atoms with van der Waals surface area (Å²) in [6.07, 6.45) is 0. The molecule has 0 aliphatic rings. The number of nitrogens with zero attached hydrogens (tertiary/aromatic N) is 2. The quantitative estimate of drug-likeness (QED) is 0.206. The third kappa shape index (κ3) is 3.72. The van der Waals surface area contributed by atoms with Crippen LogP contribution >= 0.6 is 11.3 Å². The molecule has 0 aliphatic carbocycles. The standard InChI is InChI=1S/C40H26N2S/c1-2-12-28(13-3-1)41(35-18-10-20-38-40(35)33-16-7-9-19-37(33)43-38)29-22-24-30(25-23-29)42-34-17-8-6-15-32(34)39-31-14-5-4-11-27(31)21-26-36(39)42/h1-26H. The van der Waals surface area contributed by atoms with Gasteiger partial charge >= 0.3 is 0 Å². The fraction of sp³-hybridized carbons (Fsp3) is 0. The molecular weight excluding hydrogens is 541 g/mol. The monoisotopic (exact) mass is 566 g/mol. The molecule has 0 spiro atoms. The Morgan fingerprint density at radius 1 is 0.419 bits per heavy atom. The molecular formula is C40H26N2S. The molecule has 9 aromatic rings. The number of thiophene rings is 1. The highest BCUT2D eigenvalue weighted by Crippen LogP contribution is 2.45. The fourth-order valence-electron chi connectivity index (χ4n) is 6.71. The van der Waals surface area contributed by atoms with Crippen molar-refractivity contribution in [3.05, 3.63) is 158 Å². The molecule has 0 unspecified atom stereocenters. The second kappa shape index (κ2) is 9.59. The summed E-state index contributed by atoms with van der Waals surface area (Å²) in [6, 6.07) is 57.1. The van der Waals surface area contributed by atoms with Gasteiger partial charge in [-0.2, -0.15) is 0 Å². The maximum atomic E-state index is 2.40. The van der Waals surface area contributed by atoms with Crippen LogP contribution in [-0.2, 0) is 0 Å². The van der Waals surface area contributed by atoms with Crippen molar-refractivity contribution in [1.82, 2.24) is 4.57 Å². The number of hydrogen-bond acceptors (Lipinski definition) is 2. The van der Waals surface area contributed by atoms with Gasteiger partial charge in [-0.1, -0.05) is 91.0 Å². The zero-order chi connectivity index (χ0) is 28.3. The molecule has 0 fully saturated rings. The molecule has 0 aliphatic heterocycles. The van der Waals surface area contributed by atoms with Crippen LogP contribution in [0.1, 0.15) is 0 Å². The first-order valence-electron chi connectivity index (χ1n) is 14.6. The van der Waals surface area contributed by atoms with E-state index in [1.807, 2.05) is 11.3 Å². The van der Waals surface area contributed by atoms with Gasteiger partial charge in [0.25, 0.3) is 0 Å². The molecule has 0 saturated carbocycles. The molecule has 202 valence electrons. The molecule has 0 bridgehead atoms. The van der Waals surface area contributed by atoms with E-state index in [-0.39, 0.29) is 0 Å². The van der Waals surface area contributed by atoms with Gasteiger partial charge in [0.1, 0.15) is 0 Å². The summed E-state index contributed by atoms with van der Waals surface area (Å²) in [5.41, 5.74) is 7.05. The number of para-hydroxylation sites is 2. The predicted octanol–water partition coefficient (Wildman–Crippen LogP) is 11.8. The SMILES string of the molecule is c1ccc(N(c2ccc(-n3c4ccccc4c4c5ccccc5ccc43)cc2)c2cccc3sc4ccccc4c23)cc1. The molecule has 0 N–H and O–H groups in total. The average Bonchev–Trinajstić information content (AvgIpc) is 3.62. The summed E-state index contributed by atoms with van der Waals surface area (Å²) in [5, 5.41) is 7.73. The van der Waals surface area contributed by atoms with E-state index >= 15 is 0 Å². The van der Waals surface area contributed by atoms with Gasteiger partial charge in [-0.15, -0.1) is 11.3 Å². The Morgan fingerprint density at radius 3 is 1.95 bits per heavy atom. The van der Waals surface area contributed by atoms with Crippen molar-refractivity contribution in [1.29, 1.82) is 0 Å². The highest BCUT2D eigenvalue weighted by atomic mass is 32.1. The number of anilines is 3. The minimum atomic E-state index is 1.13. The van der Waals surface area contributed by atoms with E-state index in [1.165, 1.54) is 58.4 Å². The maximum Gasteiger partial charge on any atom is 0.0554 e. The fourth-order valence-corrected chi connectivity index (χ4v) is 7.84. The van der Waals surface area contributed by atoms with Crippen molar-refractivity contribution >= 4 is 81.1 Å². The summed E-state index contributed by atoms with van der Waals surface area (Å²) < 4.78 is 5.02. The van der Waals surface area contributed by atoms with Crippen molar-refractivity contribution in [2.45, 2.75) is 0 Å². The largest absolute Gasteiger partial charge is 0.310 e. The Labute approximate surface area is 253 Å². The molecule has 2 aromatic heterocycles. The summed E-state index contributed by atoms with van der Waals surface area (Å²) >= 11 is 1.86. The summed E-state index contributed by atoms with van der Waals surface area (Å²) in [6.45, 7) is 0. The van der Waals surface area contributed by atoms with Crippen molar-refractivity contribution in [2.75, 3.05) is 4.90 Å². The van der Waals surface area contributed by atoms with Gasteiger partial charge in [-0.25, -0.2) is 0 Å². The molecule has 2 heterocycles. The van der Waals surface area contributed by atoms with Gasteiger partial charge in [-0.3, -0.25) is 0 Å². The van der Waals surface area contributed by atoms with Crippen molar-refractivity contribution in [3.8, 4) is 5.69 Å². The Bertz CT molecular complexity index is 2450. The molecule has 43 heavy (non-hydrogen) atoms. The first-order chi connectivity index (χ1) is 21.3. The Hall–Kier alpha value is -5.38. The van der Waals surface area contributed by atoms with E-state index in [4.69, 9.17) is 0 Å². The highest BCUT2D eigenvalue weighted by molar-refractivity contribution is 7.26. The number of aromatic nitrogens is 1. The van der Waals surface area contributed by atoms with Crippen LogP contribution in [0.2, 0.25) is 0 Å². The van der Waals surface area contributed by atoms with Crippen molar-refractivity contribution < 1.29 is 0 Å². The van der Waals surface area contributed by atoms with E-state index in [1.54, 1.807) is 0 Å². The van der Waals surface area contributed by atoms with Gasteiger partial charge in [0.2, 0.25) is 0 Å². The lowest BCUT2D eigenvalue weighted by Gasteiger charge is -2.26. The van der Waals surface area contributed by atoms with E-state index in [0.717, 1.165) is 17.1 Å². The zero-order valence-corrected chi connectivity index (χ0v) is 24.1. The second-order valence-electron chi connectivity index (χ2n) is 11.0. The second-order valence-corrected chi connectivity index (χ2v) is 12.1. The average molecular weight is 567 g/mol. The number of benzene rings is 7. The number of rotatable bonds is 4. The van der Waals surface area contributed by atoms with Crippen LogP contribution < -0.4 is 4.90 Å². The molecule has 9 rings (SSSR count). The third-order valence-corrected chi connectivity index (χ3v) is 9.70. The minimum absolute atomic E-state index is 1.13. The van der Waals surface area contributed by atoms with Crippen LogP contribution in [0.4, 0.5) is 17.1 Å². The molecule has 0 atom stereocenters. The lowest BCUT2D eigenvalue weighted by atomic mass is 10.0. The Kier molecular flexibility index (Phi) is 5.40. The maximum absolute atomic E-state index is 2.40. The molecule has 2 nitrogen and oxygen atoms in total. The molecule has 3 heteroatoms. The van der Waals surface area contributed by atoms with Crippen LogP contribution in [-0.4, -0.2) is 4.57 Å². The van der Waals surface area contributed by atoms with Crippen molar-refractivity contribution in [2.24, 2.45) is 0 Å².